The van der Waals surface area contributed by atoms with E-state index in [4.69, 9.17) is 10.7 Å². The van der Waals surface area contributed by atoms with Crippen LogP contribution in [0, 0.1) is 5.92 Å². The molecule has 20 heavy (non-hydrogen) atoms. The fraction of sp³-hybridized carbons (Fsp3) is 0.588. The number of rotatable bonds is 4. The van der Waals surface area contributed by atoms with Gasteiger partial charge in [0.15, 0.2) is 0 Å². The largest absolute Gasteiger partial charge is 0.330 e. The molecule has 2 aliphatic heterocycles. The van der Waals surface area contributed by atoms with Crippen LogP contribution in [0.15, 0.2) is 29.3 Å². The summed E-state index contributed by atoms with van der Waals surface area (Å²) in [4.78, 5) is 7.41. The third-order valence-corrected chi connectivity index (χ3v) is 4.61. The van der Waals surface area contributed by atoms with Gasteiger partial charge in [0.05, 0.1) is 0 Å². The second-order valence-corrected chi connectivity index (χ2v) is 5.93. The van der Waals surface area contributed by atoms with E-state index in [-0.39, 0.29) is 0 Å². The zero-order valence-corrected chi connectivity index (χ0v) is 12.2. The Balaban J connectivity index is 1.65. The maximum atomic E-state index is 5.60. The summed E-state index contributed by atoms with van der Waals surface area (Å²) < 4.78 is 0. The van der Waals surface area contributed by atoms with Gasteiger partial charge in [0.2, 0.25) is 0 Å². The molecule has 0 amide bonds. The highest BCUT2D eigenvalue weighted by Gasteiger charge is 2.26. The van der Waals surface area contributed by atoms with Crippen LogP contribution in [0.1, 0.15) is 30.4 Å². The second-order valence-electron chi connectivity index (χ2n) is 5.93. The van der Waals surface area contributed by atoms with Crippen molar-refractivity contribution in [2.24, 2.45) is 16.6 Å². The molecular weight excluding hydrogens is 246 g/mol. The van der Waals surface area contributed by atoms with Crippen LogP contribution >= 0.6 is 0 Å². The molecule has 0 atom stereocenters. The number of benzene rings is 1. The summed E-state index contributed by atoms with van der Waals surface area (Å²) in [5.41, 5.74) is 9.88. The minimum Gasteiger partial charge on any atom is -0.330 e. The van der Waals surface area contributed by atoms with Crippen molar-refractivity contribution in [3.05, 3.63) is 35.4 Å². The quantitative estimate of drug-likeness (QED) is 0.911. The van der Waals surface area contributed by atoms with Gasteiger partial charge in [-0.05, 0) is 63.0 Å². The van der Waals surface area contributed by atoms with Gasteiger partial charge in [-0.2, -0.15) is 0 Å². The Kier molecular flexibility index (Phi) is 4.48. The van der Waals surface area contributed by atoms with Crippen LogP contribution in [0.4, 0.5) is 0 Å². The lowest BCUT2D eigenvalue weighted by molar-refractivity contribution is 0.208. The van der Waals surface area contributed by atoms with Crippen LogP contribution in [0.25, 0.3) is 0 Å². The van der Waals surface area contributed by atoms with E-state index < -0.39 is 0 Å². The Morgan fingerprint density at radius 1 is 1.20 bits per heavy atom. The van der Waals surface area contributed by atoms with Crippen LogP contribution in [0.3, 0.4) is 0 Å². The third-order valence-electron chi connectivity index (χ3n) is 4.61. The number of nitrogens with zero attached hydrogens (tertiary/aromatic N) is 2. The van der Waals surface area contributed by atoms with Gasteiger partial charge in [-0.15, -0.1) is 0 Å². The van der Waals surface area contributed by atoms with Gasteiger partial charge in [-0.1, -0.05) is 24.3 Å². The van der Waals surface area contributed by atoms with E-state index in [0.29, 0.717) is 5.92 Å². The molecule has 2 heterocycles. The Hall–Kier alpha value is -1.19. The molecular formula is C17H25N3. The summed E-state index contributed by atoms with van der Waals surface area (Å²) in [6.07, 6.45) is 4.72. The summed E-state index contributed by atoms with van der Waals surface area (Å²) in [6.45, 7) is 5.34. The predicted molar refractivity (Wildman–Crippen MR) is 84.4 cm³/mol. The lowest BCUT2D eigenvalue weighted by Crippen LogP contribution is -2.38. The van der Waals surface area contributed by atoms with E-state index in [1.807, 2.05) is 0 Å². The molecule has 0 aliphatic carbocycles. The third kappa shape index (κ3) is 2.94. The molecule has 108 valence electrons. The normalized spacial score (nSPS) is 20.6. The van der Waals surface area contributed by atoms with Crippen LogP contribution in [0.2, 0.25) is 0 Å². The van der Waals surface area contributed by atoms with Crippen molar-refractivity contribution in [1.29, 1.82) is 0 Å². The van der Waals surface area contributed by atoms with Crippen molar-refractivity contribution in [2.45, 2.75) is 25.7 Å². The molecule has 0 spiro atoms. The van der Waals surface area contributed by atoms with Gasteiger partial charge in [0.25, 0.3) is 0 Å². The Morgan fingerprint density at radius 3 is 2.80 bits per heavy atom. The summed E-state index contributed by atoms with van der Waals surface area (Å²) in [6, 6.07) is 8.82. The van der Waals surface area contributed by atoms with Crippen molar-refractivity contribution < 1.29 is 0 Å². The summed E-state index contributed by atoms with van der Waals surface area (Å²) in [7, 11) is 0. The molecule has 1 aromatic carbocycles. The van der Waals surface area contributed by atoms with Gasteiger partial charge in [0, 0.05) is 18.2 Å². The Morgan fingerprint density at radius 2 is 2.00 bits per heavy atom. The molecule has 0 saturated carbocycles. The standard InChI is InChI=1S/C17H25N3/c18-9-3-11-20-12-7-15(8-13-20)17-16-5-2-1-4-14(16)6-10-19-17/h1-2,4-5,15H,3,6-13,18H2. The van der Waals surface area contributed by atoms with Crippen molar-refractivity contribution in [3.63, 3.8) is 0 Å². The number of aliphatic imine (C=N–C) groups is 1. The maximum Gasteiger partial charge on any atom is 0.0455 e. The van der Waals surface area contributed by atoms with Crippen molar-refractivity contribution in [3.8, 4) is 0 Å². The van der Waals surface area contributed by atoms with Crippen LogP contribution in [-0.2, 0) is 6.42 Å². The summed E-state index contributed by atoms with van der Waals surface area (Å²) in [5, 5.41) is 0. The van der Waals surface area contributed by atoms with Crippen molar-refractivity contribution in [2.75, 3.05) is 32.7 Å². The Bertz CT molecular complexity index is 473. The highest BCUT2D eigenvalue weighted by molar-refractivity contribution is 6.04. The summed E-state index contributed by atoms with van der Waals surface area (Å²) >= 11 is 0. The van der Waals surface area contributed by atoms with E-state index in [9.17, 15) is 0 Å². The first-order chi connectivity index (χ1) is 9.88. The monoisotopic (exact) mass is 271 g/mol. The molecule has 3 rings (SSSR count). The lowest BCUT2D eigenvalue weighted by atomic mass is 9.84. The molecule has 0 bridgehead atoms. The van der Waals surface area contributed by atoms with E-state index in [2.05, 4.69) is 29.2 Å². The highest BCUT2D eigenvalue weighted by Crippen LogP contribution is 2.26. The highest BCUT2D eigenvalue weighted by atomic mass is 15.1. The molecule has 1 saturated heterocycles. The fourth-order valence-corrected chi connectivity index (χ4v) is 3.46. The molecule has 2 aliphatic rings. The van der Waals surface area contributed by atoms with Crippen molar-refractivity contribution in [1.82, 2.24) is 4.90 Å². The van der Waals surface area contributed by atoms with Gasteiger partial charge in [0.1, 0.15) is 0 Å². The SMILES string of the molecule is NCCCN1CCC(C2=NCCc3ccccc32)CC1. The Labute approximate surface area is 121 Å². The van der Waals surface area contributed by atoms with Crippen molar-refractivity contribution >= 4 is 5.71 Å². The smallest absolute Gasteiger partial charge is 0.0455 e. The molecule has 3 heteroatoms. The molecule has 3 nitrogen and oxygen atoms in total. The molecule has 2 N–H and O–H groups in total. The number of likely N-dealkylation sites (tertiary alicyclic amines) is 1. The van der Waals surface area contributed by atoms with Crippen LogP contribution in [-0.4, -0.2) is 43.3 Å². The molecule has 0 unspecified atom stereocenters. The molecule has 1 aromatic rings. The van der Waals surface area contributed by atoms with Gasteiger partial charge < -0.3 is 10.6 Å². The first-order valence-corrected chi connectivity index (χ1v) is 7.93. The second kappa shape index (κ2) is 6.51. The number of hydrogen-bond acceptors (Lipinski definition) is 3. The van der Waals surface area contributed by atoms with E-state index >= 15 is 0 Å². The number of nitrogens with two attached hydrogens (primary N) is 1. The van der Waals surface area contributed by atoms with E-state index in [1.54, 1.807) is 0 Å². The molecule has 1 fully saturated rings. The fourth-order valence-electron chi connectivity index (χ4n) is 3.46. The zero-order valence-electron chi connectivity index (χ0n) is 12.2. The van der Waals surface area contributed by atoms with E-state index in [1.165, 1.54) is 42.8 Å². The van der Waals surface area contributed by atoms with Gasteiger partial charge in [-0.3, -0.25) is 4.99 Å². The average Bonchev–Trinajstić information content (AvgIpc) is 2.53. The first kappa shape index (κ1) is 13.8. The summed E-state index contributed by atoms with van der Waals surface area (Å²) in [5.74, 6) is 0.658. The maximum absolute atomic E-state index is 5.60. The van der Waals surface area contributed by atoms with Crippen LogP contribution in [0.5, 0.6) is 0 Å². The topological polar surface area (TPSA) is 41.6 Å². The zero-order chi connectivity index (χ0) is 13.8. The minimum atomic E-state index is 0.658. The van der Waals surface area contributed by atoms with E-state index in [0.717, 1.165) is 32.5 Å². The van der Waals surface area contributed by atoms with Gasteiger partial charge >= 0.3 is 0 Å². The lowest BCUT2D eigenvalue weighted by Gasteiger charge is -2.34. The molecule has 0 aromatic heterocycles. The average molecular weight is 271 g/mol. The number of fused-ring (bicyclic) bond motifs is 1. The van der Waals surface area contributed by atoms with Crippen LogP contribution < -0.4 is 5.73 Å². The minimum absolute atomic E-state index is 0.658. The number of hydrogen-bond donors (Lipinski definition) is 1. The first-order valence-electron chi connectivity index (χ1n) is 7.93. The number of piperidine rings is 1. The predicted octanol–water partition coefficient (Wildman–Crippen LogP) is 2.09. The van der Waals surface area contributed by atoms with Gasteiger partial charge in [-0.25, -0.2) is 0 Å². The molecule has 0 radical (unpaired) electrons.